The number of amides is 3. The summed E-state index contributed by atoms with van der Waals surface area (Å²) in [5.41, 5.74) is 0. The van der Waals surface area contributed by atoms with Crippen LogP contribution in [-0.4, -0.2) is 56.7 Å². The maximum absolute atomic E-state index is 11.9. The van der Waals surface area contributed by atoms with Crippen LogP contribution in [0.25, 0.3) is 0 Å². The van der Waals surface area contributed by atoms with Crippen LogP contribution in [0.3, 0.4) is 0 Å². The second-order valence-corrected chi connectivity index (χ2v) is 4.82. The van der Waals surface area contributed by atoms with Crippen molar-refractivity contribution < 1.29 is 19.2 Å². The first kappa shape index (κ1) is 14.3. The second-order valence-electron chi connectivity index (χ2n) is 4.82. The number of rotatable bonds is 6. The zero-order valence-corrected chi connectivity index (χ0v) is 11.6. The number of hydrogen-bond acceptors (Lipinski definition) is 3. The normalized spacial score (nSPS) is 15.8. The van der Waals surface area contributed by atoms with E-state index in [2.05, 4.69) is 5.32 Å². The van der Waals surface area contributed by atoms with Crippen molar-refractivity contribution in [3.63, 3.8) is 0 Å². The van der Waals surface area contributed by atoms with Gasteiger partial charge in [0, 0.05) is 13.1 Å². The van der Waals surface area contributed by atoms with Crippen LogP contribution in [0.2, 0.25) is 0 Å². The maximum Gasteiger partial charge on any atom is 0.324 e. The van der Waals surface area contributed by atoms with E-state index in [0.717, 1.165) is 10.6 Å². The van der Waals surface area contributed by atoms with Gasteiger partial charge in [-0.2, -0.15) is 0 Å². The van der Waals surface area contributed by atoms with Crippen LogP contribution in [-0.2, 0) is 4.79 Å². The number of carbonyl (C=O) groups is 2. The van der Waals surface area contributed by atoms with Crippen LogP contribution >= 0.6 is 0 Å². The molecule has 0 aliphatic carbocycles. The largest absolute Gasteiger partial charge is 0.488 e. The number of nitrogens with one attached hydrogen (secondary N) is 2. The summed E-state index contributed by atoms with van der Waals surface area (Å²) in [4.78, 5) is 25.5. The van der Waals surface area contributed by atoms with Crippen LogP contribution in [0.5, 0.6) is 5.75 Å². The number of para-hydroxylation sites is 1. The fourth-order valence-corrected chi connectivity index (χ4v) is 2.01. The number of carbonyl (C=O) groups excluding carboxylic acids is 2. The summed E-state index contributed by atoms with van der Waals surface area (Å²) in [7, 11) is 1.92. The van der Waals surface area contributed by atoms with Crippen LogP contribution < -0.4 is 15.0 Å². The molecule has 20 heavy (non-hydrogen) atoms. The van der Waals surface area contributed by atoms with Crippen molar-refractivity contribution in [1.82, 2.24) is 10.2 Å². The standard InChI is InChI=1S/C14H19N3O3/c1-16(9-10-20-12-5-3-2-4-6-12)11-13(18)17-8-7-15-14(17)19/h2-6H,7-11H2,1H3,(H,15,19)/p+1. The molecule has 0 aromatic heterocycles. The van der Waals surface area contributed by atoms with Gasteiger partial charge < -0.3 is 15.0 Å². The van der Waals surface area contributed by atoms with Crippen molar-refractivity contribution in [2.45, 2.75) is 0 Å². The van der Waals surface area contributed by atoms with Crippen molar-refractivity contribution in [1.29, 1.82) is 0 Å². The van der Waals surface area contributed by atoms with E-state index >= 15 is 0 Å². The average molecular weight is 278 g/mol. The zero-order valence-electron chi connectivity index (χ0n) is 11.6. The highest BCUT2D eigenvalue weighted by Crippen LogP contribution is 2.07. The van der Waals surface area contributed by atoms with Crippen LogP contribution in [0.1, 0.15) is 0 Å². The molecular weight excluding hydrogens is 258 g/mol. The molecule has 6 nitrogen and oxygen atoms in total. The van der Waals surface area contributed by atoms with Crippen molar-refractivity contribution in [3.05, 3.63) is 30.3 Å². The minimum atomic E-state index is -0.289. The number of quaternary nitrogens is 1. The van der Waals surface area contributed by atoms with Gasteiger partial charge in [-0.15, -0.1) is 0 Å². The number of imide groups is 1. The molecule has 0 radical (unpaired) electrons. The van der Waals surface area contributed by atoms with E-state index in [1.54, 1.807) is 0 Å². The lowest BCUT2D eigenvalue weighted by atomic mass is 10.3. The van der Waals surface area contributed by atoms with E-state index in [0.29, 0.717) is 32.8 Å². The summed E-state index contributed by atoms with van der Waals surface area (Å²) < 4.78 is 5.58. The first-order valence-corrected chi connectivity index (χ1v) is 6.74. The van der Waals surface area contributed by atoms with Crippen molar-refractivity contribution >= 4 is 11.9 Å². The average Bonchev–Trinajstić information content (AvgIpc) is 2.86. The van der Waals surface area contributed by atoms with Crippen LogP contribution in [0.15, 0.2) is 30.3 Å². The van der Waals surface area contributed by atoms with Gasteiger partial charge in [0.15, 0.2) is 6.54 Å². The minimum absolute atomic E-state index is 0.141. The molecule has 1 aromatic rings. The summed E-state index contributed by atoms with van der Waals surface area (Å²) in [6.45, 7) is 2.54. The molecule has 1 unspecified atom stereocenters. The fraction of sp³-hybridized carbons (Fsp3) is 0.429. The highest BCUT2D eigenvalue weighted by Gasteiger charge is 2.27. The number of urea groups is 1. The highest BCUT2D eigenvalue weighted by molar-refractivity contribution is 5.96. The zero-order chi connectivity index (χ0) is 14.4. The van der Waals surface area contributed by atoms with Crippen molar-refractivity contribution in [2.24, 2.45) is 0 Å². The van der Waals surface area contributed by atoms with E-state index in [9.17, 15) is 9.59 Å². The van der Waals surface area contributed by atoms with Gasteiger partial charge in [0.1, 0.15) is 18.9 Å². The number of benzene rings is 1. The van der Waals surface area contributed by atoms with E-state index in [1.165, 1.54) is 4.90 Å². The van der Waals surface area contributed by atoms with Crippen molar-refractivity contribution in [2.75, 3.05) is 39.8 Å². The van der Waals surface area contributed by atoms with E-state index in [1.807, 2.05) is 37.4 Å². The SMILES string of the molecule is C[NH+](CCOc1ccccc1)CC(=O)N1CCNC1=O. The van der Waals surface area contributed by atoms with Crippen LogP contribution in [0, 0.1) is 0 Å². The fourth-order valence-electron chi connectivity index (χ4n) is 2.01. The van der Waals surface area contributed by atoms with Gasteiger partial charge >= 0.3 is 6.03 Å². The van der Waals surface area contributed by atoms with Gasteiger partial charge in [-0.1, -0.05) is 18.2 Å². The van der Waals surface area contributed by atoms with Gasteiger partial charge in [0.2, 0.25) is 0 Å². The molecule has 2 rings (SSSR count). The maximum atomic E-state index is 11.9. The van der Waals surface area contributed by atoms with Crippen LogP contribution in [0.4, 0.5) is 4.79 Å². The smallest absolute Gasteiger partial charge is 0.324 e. The molecule has 6 heteroatoms. The topological polar surface area (TPSA) is 63.1 Å². The molecule has 0 bridgehead atoms. The lowest BCUT2D eigenvalue weighted by Gasteiger charge is -2.17. The summed E-state index contributed by atoms with van der Waals surface area (Å²) >= 11 is 0. The van der Waals surface area contributed by atoms with Gasteiger partial charge in [-0.25, -0.2) is 4.79 Å². The first-order chi connectivity index (χ1) is 9.66. The Morgan fingerprint density at radius 3 is 2.80 bits per heavy atom. The predicted octanol–water partition coefficient (Wildman–Crippen LogP) is -0.868. The lowest BCUT2D eigenvalue weighted by Crippen LogP contribution is -3.10. The molecule has 0 saturated carbocycles. The molecular formula is C14H20N3O3+. The molecule has 1 heterocycles. The molecule has 0 spiro atoms. The summed E-state index contributed by atoms with van der Waals surface area (Å²) in [5.74, 6) is 0.683. The molecule has 1 fully saturated rings. The Morgan fingerprint density at radius 1 is 1.40 bits per heavy atom. The molecule has 1 saturated heterocycles. The van der Waals surface area contributed by atoms with Gasteiger partial charge in [0.25, 0.3) is 5.91 Å². The molecule has 1 aliphatic heterocycles. The number of ether oxygens (including phenoxy) is 1. The molecule has 108 valence electrons. The van der Waals surface area contributed by atoms with Crippen molar-refractivity contribution in [3.8, 4) is 5.75 Å². The molecule has 2 N–H and O–H groups in total. The Hall–Kier alpha value is -2.08. The third kappa shape index (κ3) is 3.96. The summed E-state index contributed by atoms with van der Waals surface area (Å²) in [6.07, 6.45) is 0. The third-order valence-corrected chi connectivity index (χ3v) is 3.15. The molecule has 3 amide bonds. The Balaban J connectivity index is 1.68. The summed E-state index contributed by atoms with van der Waals surface area (Å²) in [6, 6.07) is 9.28. The molecule has 1 aliphatic rings. The summed E-state index contributed by atoms with van der Waals surface area (Å²) in [5, 5.41) is 2.62. The van der Waals surface area contributed by atoms with Gasteiger partial charge in [-0.05, 0) is 12.1 Å². The van der Waals surface area contributed by atoms with Gasteiger partial charge in [0.05, 0.1) is 7.05 Å². The Morgan fingerprint density at radius 2 is 2.15 bits per heavy atom. The minimum Gasteiger partial charge on any atom is -0.488 e. The van der Waals surface area contributed by atoms with E-state index in [4.69, 9.17) is 4.74 Å². The number of nitrogens with zero attached hydrogens (tertiary/aromatic N) is 1. The van der Waals surface area contributed by atoms with E-state index < -0.39 is 0 Å². The quantitative estimate of drug-likeness (QED) is 0.711. The number of hydrogen-bond donors (Lipinski definition) is 2. The molecule has 1 aromatic carbocycles. The highest BCUT2D eigenvalue weighted by atomic mass is 16.5. The second kappa shape index (κ2) is 6.91. The van der Waals surface area contributed by atoms with Gasteiger partial charge in [-0.3, -0.25) is 9.69 Å². The van der Waals surface area contributed by atoms with E-state index in [-0.39, 0.29) is 11.9 Å². The Labute approximate surface area is 118 Å². The number of likely N-dealkylation sites (N-methyl/N-ethyl adjacent to an activating group) is 1. The first-order valence-electron chi connectivity index (χ1n) is 6.74. The Bertz CT molecular complexity index is 464. The third-order valence-electron chi connectivity index (χ3n) is 3.15. The Kier molecular flexibility index (Phi) is 4.95. The molecule has 1 atom stereocenters. The lowest BCUT2D eigenvalue weighted by molar-refractivity contribution is -0.871. The predicted molar refractivity (Wildman–Crippen MR) is 73.7 cm³/mol. The monoisotopic (exact) mass is 278 g/mol.